The van der Waals surface area contributed by atoms with Crippen LogP contribution in [-0.4, -0.2) is 40.3 Å². The summed E-state index contributed by atoms with van der Waals surface area (Å²) in [5.74, 6) is 1.83. The van der Waals surface area contributed by atoms with Gasteiger partial charge in [0, 0.05) is 41.1 Å². The topological polar surface area (TPSA) is 53.7 Å². The Kier molecular flexibility index (Phi) is 11.7. The number of benzene rings is 1. The normalized spacial score (nSPS) is 12.8. The third-order valence-electron chi connectivity index (χ3n) is 6.03. The minimum atomic E-state index is -0.0721. The first kappa shape index (κ1) is 27.6. The highest BCUT2D eigenvalue weighted by atomic mass is 35.5. The molecule has 180 valence electrons. The zero-order chi connectivity index (χ0) is 24.4. The highest BCUT2D eigenvalue weighted by Crippen LogP contribution is 2.31. The number of halogens is 1. The summed E-state index contributed by atoms with van der Waals surface area (Å²) in [6.45, 7) is 6.56. The van der Waals surface area contributed by atoms with Gasteiger partial charge in [0.05, 0.1) is 4.91 Å². The van der Waals surface area contributed by atoms with E-state index in [2.05, 4.69) is 20.8 Å². The number of thioether (sulfide) groups is 1. The van der Waals surface area contributed by atoms with Crippen molar-refractivity contribution in [2.75, 3.05) is 13.7 Å². The number of hydrogen-bond donors (Lipinski definition) is 1. The van der Waals surface area contributed by atoms with E-state index in [1.165, 1.54) is 16.5 Å². The first-order valence-electron chi connectivity index (χ1n) is 11.4. The number of carbonyl (C=O) groups is 1. The molecule has 0 bridgehead atoms. The second-order valence-electron chi connectivity index (χ2n) is 8.24. The first-order valence-corrected chi connectivity index (χ1v) is 13.2. The van der Waals surface area contributed by atoms with Gasteiger partial charge in [0.15, 0.2) is 0 Å². The molecule has 1 amide bonds. The molecule has 33 heavy (non-hydrogen) atoms. The monoisotopic (exact) mass is 507 g/mol. The third kappa shape index (κ3) is 7.99. The van der Waals surface area contributed by atoms with Gasteiger partial charge in [-0.05, 0) is 68.0 Å². The van der Waals surface area contributed by atoms with Gasteiger partial charge < -0.3 is 14.4 Å². The lowest BCUT2D eigenvalue weighted by atomic mass is 9.95. The van der Waals surface area contributed by atoms with Crippen LogP contribution < -0.4 is 0 Å². The number of aliphatic hydroxyl groups excluding tert-OH is 1. The molecular formula is C26H34ClNO3S2. The van der Waals surface area contributed by atoms with E-state index >= 15 is 0 Å². The molecule has 2 aromatic rings. The summed E-state index contributed by atoms with van der Waals surface area (Å²) in [5, 5.41) is 9.98. The van der Waals surface area contributed by atoms with Crippen molar-refractivity contribution < 1.29 is 14.3 Å². The Morgan fingerprint density at radius 2 is 1.94 bits per heavy atom. The van der Waals surface area contributed by atoms with Crippen LogP contribution in [0.15, 0.2) is 39.7 Å². The molecule has 0 aliphatic heterocycles. The minimum absolute atomic E-state index is 0.0721. The van der Waals surface area contributed by atoms with Crippen LogP contribution in [0.4, 0.5) is 0 Å². The van der Waals surface area contributed by atoms with Gasteiger partial charge in [0.1, 0.15) is 11.5 Å². The van der Waals surface area contributed by atoms with Crippen molar-refractivity contribution in [3.05, 3.63) is 51.6 Å². The van der Waals surface area contributed by atoms with Crippen LogP contribution in [0.5, 0.6) is 0 Å². The van der Waals surface area contributed by atoms with E-state index in [0.29, 0.717) is 40.2 Å². The highest BCUT2D eigenvalue weighted by Gasteiger charge is 2.23. The maximum atomic E-state index is 13.4. The van der Waals surface area contributed by atoms with Crippen molar-refractivity contribution in [1.82, 2.24) is 4.90 Å². The number of hydrogen-bond acceptors (Lipinski definition) is 5. The fraction of sp³-hybridized carbons (Fsp3) is 0.462. The van der Waals surface area contributed by atoms with Crippen molar-refractivity contribution in [1.29, 1.82) is 0 Å². The number of nitrogens with zero attached hydrogens (tertiary/aromatic N) is 1. The molecule has 1 heterocycles. The van der Waals surface area contributed by atoms with Crippen LogP contribution in [-0.2, 0) is 11.2 Å². The molecule has 1 aromatic heterocycles. The van der Waals surface area contributed by atoms with Crippen molar-refractivity contribution in [2.24, 2.45) is 5.92 Å². The van der Waals surface area contributed by atoms with Crippen molar-refractivity contribution in [3.8, 4) is 11.3 Å². The summed E-state index contributed by atoms with van der Waals surface area (Å²) in [4.78, 5) is 15.7. The number of aryl methyl sites for hydroxylation is 1. The lowest BCUT2D eigenvalue weighted by Gasteiger charge is -2.28. The maximum Gasteiger partial charge on any atom is 0.260 e. The number of amides is 1. The number of furan rings is 1. The van der Waals surface area contributed by atoms with E-state index in [9.17, 15) is 9.90 Å². The molecular weight excluding hydrogens is 474 g/mol. The van der Waals surface area contributed by atoms with Crippen LogP contribution >= 0.6 is 35.6 Å². The zero-order valence-corrected chi connectivity index (χ0v) is 22.2. The van der Waals surface area contributed by atoms with Gasteiger partial charge >= 0.3 is 0 Å². The fourth-order valence-corrected chi connectivity index (χ4v) is 4.70. The molecule has 2 rings (SSSR count). The highest BCUT2D eigenvalue weighted by molar-refractivity contribution is 8.24. The maximum absolute atomic E-state index is 13.4. The van der Waals surface area contributed by atoms with Crippen molar-refractivity contribution in [3.63, 3.8) is 0 Å². The summed E-state index contributed by atoms with van der Waals surface area (Å²) in [6, 6.07) is 9.51. The van der Waals surface area contributed by atoms with E-state index in [1.807, 2.05) is 37.4 Å². The molecule has 0 radical (unpaired) electrons. The Balaban J connectivity index is 2.38. The number of likely N-dealkylation sites (N-methyl/N-ethyl adjacent to an activating group) is 1. The van der Waals surface area contributed by atoms with Gasteiger partial charge in [0.2, 0.25) is 0 Å². The lowest BCUT2D eigenvalue weighted by molar-refractivity contribution is -0.127. The van der Waals surface area contributed by atoms with Gasteiger partial charge in [-0.15, -0.1) is 0 Å². The molecule has 0 fully saturated rings. The standard InChI is InChI=1S/C26H34ClNO3S2/c1-5-19(6-2)14-18(3)28(4)26(30)25(33-17-32)16-24-21(8-7-13-29)15-23(31-24)20-9-11-22(27)12-10-20/h9-12,15-19,29H,5-8,13-14H2,1-4H3/b25-16-. The average molecular weight is 508 g/mol. The van der Waals surface area contributed by atoms with Gasteiger partial charge in [-0.1, -0.05) is 62.3 Å². The number of thiocarbonyl (C=S) groups is 1. The van der Waals surface area contributed by atoms with Crippen molar-refractivity contribution in [2.45, 2.75) is 58.9 Å². The molecule has 1 atom stereocenters. The molecule has 7 heteroatoms. The van der Waals surface area contributed by atoms with Crippen LogP contribution in [0.2, 0.25) is 5.02 Å². The SMILES string of the molecule is CCC(CC)CC(C)N(C)C(=O)/C(=C/c1oc(-c2ccc(Cl)cc2)cc1CCCO)SC=S. The molecule has 0 saturated carbocycles. The van der Waals surface area contributed by atoms with Crippen LogP contribution in [0, 0.1) is 5.92 Å². The summed E-state index contributed by atoms with van der Waals surface area (Å²) < 4.78 is 7.67. The summed E-state index contributed by atoms with van der Waals surface area (Å²) in [7, 11) is 1.85. The summed E-state index contributed by atoms with van der Waals surface area (Å²) >= 11 is 12.3. The lowest BCUT2D eigenvalue weighted by Crippen LogP contribution is -2.36. The molecule has 1 aromatic carbocycles. The van der Waals surface area contributed by atoms with Crippen LogP contribution in [0.1, 0.15) is 57.8 Å². The van der Waals surface area contributed by atoms with E-state index in [-0.39, 0.29) is 18.6 Å². The Labute approximate surface area is 212 Å². The second kappa shape index (κ2) is 14.0. The molecule has 0 aliphatic rings. The van der Waals surface area contributed by atoms with Gasteiger partial charge in [0.25, 0.3) is 5.91 Å². The molecule has 4 nitrogen and oxygen atoms in total. The Morgan fingerprint density at radius 3 is 2.52 bits per heavy atom. The fourth-order valence-electron chi connectivity index (χ4n) is 3.74. The molecule has 1 N–H and O–H groups in total. The number of rotatable bonds is 13. The Bertz CT molecular complexity index is 936. The second-order valence-corrected chi connectivity index (χ2v) is 10.1. The smallest absolute Gasteiger partial charge is 0.260 e. The predicted molar refractivity (Wildman–Crippen MR) is 145 cm³/mol. The number of aliphatic hydroxyl groups is 1. The van der Waals surface area contributed by atoms with Crippen LogP contribution in [0.3, 0.4) is 0 Å². The van der Waals surface area contributed by atoms with Gasteiger partial charge in [-0.2, -0.15) is 0 Å². The van der Waals surface area contributed by atoms with Crippen molar-refractivity contribution >= 4 is 52.3 Å². The summed E-state index contributed by atoms with van der Waals surface area (Å²) in [5.41, 5.74) is 1.84. The zero-order valence-electron chi connectivity index (χ0n) is 19.8. The quantitative estimate of drug-likeness (QED) is 0.229. The van der Waals surface area contributed by atoms with E-state index in [0.717, 1.165) is 30.4 Å². The van der Waals surface area contributed by atoms with E-state index in [4.69, 9.17) is 28.2 Å². The molecule has 1 unspecified atom stereocenters. The Morgan fingerprint density at radius 1 is 1.27 bits per heavy atom. The van der Waals surface area contributed by atoms with Gasteiger partial charge in [-0.25, -0.2) is 0 Å². The Hall–Kier alpha value is -1.60. The van der Waals surface area contributed by atoms with Gasteiger partial charge in [-0.3, -0.25) is 4.79 Å². The largest absolute Gasteiger partial charge is 0.456 e. The first-order chi connectivity index (χ1) is 15.8. The summed E-state index contributed by atoms with van der Waals surface area (Å²) in [6.07, 6.45) is 6.21. The third-order valence-corrected chi connectivity index (χ3v) is 7.22. The number of carbonyl (C=O) groups excluding carboxylic acids is 1. The predicted octanol–water partition coefficient (Wildman–Crippen LogP) is 7.23. The molecule has 0 saturated heterocycles. The van der Waals surface area contributed by atoms with E-state index in [1.54, 1.807) is 11.0 Å². The minimum Gasteiger partial charge on any atom is -0.456 e. The van der Waals surface area contributed by atoms with E-state index < -0.39 is 0 Å². The molecule has 0 aliphatic carbocycles. The van der Waals surface area contributed by atoms with Crippen LogP contribution in [0.25, 0.3) is 17.4 Å². The average Bonchev–Trinajstić information content (AvgIpc) is 3.22. The molecule has 0 spiro atoms.